The maximum Gasteiger partial charge on any atom is 0.125 e. The molecule has 2 fully saturated rings. The number of nitrogens with zero attached hydrogens (tertiary/aromatic N) is 1. The van der Waals surface area contributed by atoms with Crippen molar-refractivity contribution in [2.45, 2.75) is 70.1 Å². The highest BCUT2D eigenvalue weighted by atomic mass is 32.1. The molecule has 3 rings (SSSR count). The van der Waals surface area contributed by atoms with Gasteiger partial charge in [0.25, 0.3) is 0 Å². The maximum atomic E-state index is 5.77. The van der Waals surface area contributed by atoms with Gasteiger partial charge in [-0.2, -0.15) is 0 Å². The molecule has 2 aliphatic carbocycles. The lowest BCUT2D eigenvalue weighted by Gasteiger charge is -2.38. The highest BCUT2D eigenvalue weighted by Crippen LogP contribution is 2.46. The molecule has 4 heteroatoms. The van der Waals surface area contributed by atoms with E-state index in [0.717, 1.165) is 25.4 Å². The van der Waals surface area contributed by atoms with E-state index < -0.39 is 0 Å². The Labute approximate surface area is 119 Å². The van der Waals surface area contributed by atoms with Gasteiger partial charge in [-0.05, 0) is 38.0 Å². The van der Waals surface area contributed by atoms with Crippen molar-refractivity contribution in [1.29, 1.82) is 0 Å². The van der Waals surface area contributed by atoms with Crippen LogP contribution in [-0.4, -0.2) is 18.1 Å². The molecule has 0 bridgehead atoms. The molecule has 3 nitrogen and oxygen atoms in total. The fraction of sp³-hybridized carbons (Fsp3) is 0.800. The normalized spacial score (nSPS) is 21.7. The maximum absolute atomic E-state index is 5.77. The Morgan fingerprint density at radius 3 is 2.63 bits per heavy atom. The zero-order valence-electron chi connectivity index (χ0n) is 12.2. The summed E-state index contributed by atoms with van der Waals surface area (Å²) in [6.45, 7) is 5.45. The number of rotatable bonds is 6. The molecule has 1 aromatic rings. The molecular weight excluding hydrogens is 256 g/mol. The largest absolute Gasteiger partial charge is 0.371 e. The van der Waals surface area contributed by atoms with E-state index in [0.29, 0.717) is 5.92 Å². The predicted octanol–water partition coefficient (Wildman–Crippen LogP) is 3.54. The van der Waals surface area contributed by atoms with E-state index in [2.05, 4.69) is 19.2 Å². The lowest BCUT2D eigenvalue weighted by molar-refractivity contribution is -0.0780. The summed E-state index contributed by atoms with van der Waals surface area (Å²) < 4.78 is 5.77. The van der Waals surface area contributed by atoms with Crippen LogP contribution in [0.1, 0.15) is 67.4 Å². The van der Waals surface area contributed by atoms with E-state index in [-0.39, 0.29) is 5.60 Å². The second kappa shape index (κ2) is 5.15. The van der Waals surface area contributed by atoms with Crippen LogP contribution in [-0.2, 0) is 16.9 Å². The lowest BCUT2D eigenvalue weighted by Crippen LogP contribution is -2.35. The predicted molar refractivity (Wildman–Crippen MR) is 78.6 cm³/mol. The Balaban J connectivity index is 1.82. The van der Waals surface area contributed by atoms with Crippen molar-refractivity contribution >= 4 is 11.3 Å². The summed E-state index contributed by atoms with van der Waals surface area (Å²) in [7, 11) is 1.83. The van der Waals surface area contributed by atoms with Crippen molar-refractivity contribution in [2.75, 3.05) is 7.11 Å². The first-order valence-electron chi connectivity index (χ1n) is 7.43. The van der Waals surface area contributed by atoms with Crippen LogP contribution in [0.2, 0.25) is 0 Å². The average molecular weight is 280 g/mol. The summed E-state index contributed by atoms with van der Waals surface area (Å²) in [6.07, 6.45) is 6.20. The van der Waals surface area contributed by atoms with Crippen molar-refractivity contribution in [1.82, 2.24) is 10.3 Å². The standard InChI is InChI=1S/C15H24N2OS/c1-10(2)13-12(9-16-11-5-6-11)19-14(17-13)15(18-3)7-4-8-15/h10-11,16H,4-9H2,1-3H3. The highest BCUT2D eigenvalue weighted by Gasteiger charge is 2.42. The van der Waals surface area contributed by atoms with Crippen LogP contribution in [0.5, 0.6) is 0 Å². The third kappa shape index (κ3) is 2.58. The van der Waals surface area contributed by atoms with Crippen LogP contribution in [0, 0.1) is 0 Å². The first kappa shape index (κ1) is 13.5. The van der Waals surface area contributed by atoms with Crippen LogP contribution >= 0.6 is 11.3 Å². The summed E-state index contributed by atoms with van der Waals surface area (Å²) in [5.41, 5.74) is 1.21. The molecule has 1 N–H and O–H groups in total. The SMILES string of the molecule is COC1(c2nc(C(C)C)c(CNC3CC3)s2)CCC1. The van der Waals surface area contributed by atoms with E-state index >= 15 is 0 Å². The molecule has 0 unspecified atom stereocenters. The number of aromatic nitrogens is 1. The van der Waals surface area contributed by atoms with Crippen LogP contribution in [0.3, 0.4) is 0 Å². The quantitative estimate of drug-likeness (QED) is 0.865. The van der Waals surface area contributed by atoms with E-state index in [9.17, 15) is 0 Å². The third-order valence-corrected chi connectivity index (χ3v) is 5.60. The fourth-order valence-electron chi connectivity index (χ4n) is 2.66. The molecule has 0 radical (unpaired) electrons. The summed E-state index contributed by atoms with van der Waals surface area (Å²) in [4.78, 5) is 6.34. The summed E-state index contributed by atoms with van der Waals surface area (Å²) >= 11 is 1.87. The van der Waals surface area contributed by atoms with Crippen molar-refractivity contribution in [3.63, 3.8) is 0 Å². The van der Waals surface area contributed by atoms with Gasteiger partial charge in [-0.25, -0.2) is 4.98 Å². The van der Waals surface area contributed by atoms with E-state index in [4.69, 9.17) is 9.72 Å². The minimum atomic E-state index is -0.0634. The van der Waals surface area contributed by atoms with Crippen LogP contribution in [0.4, 0.5) is 0 Å². The lowest BCUT2D eigenvalue weighted by atomic mass is 9.80. The number of hydrogen-bond acceptors (Lipinski definition) is 4. The van der Waals surface area contributed by atoms with Gasteiger partial charge >= 0.3 is 0 Å². The molecule has 0 atom stereocenters. The third-order valence-electron chi connectivity index (χ3n) is 4.34. The molecular formula is C15H24N2OS. The first-order chi connectivity index (χ1) is 9.14. The van der Waals surface area contributed by atoms with Crippen LogP contribution in [0.15, 0.2) is 0 Å². The van der Waals surface area contributed by atoms with E-state index in [1.807, 2.05) is 18.4 Å². The number of ether oxygens (including phenoxy) is 1. The Morgan fingerprint density at radius 2 is 2.16 bits per heavy atom. The van der Waals surface area contributed by atoms with Gasteiger partial charge in [0, 0.05) is 24.6 Å². The Bertz CT molecular complexity index is 441. The minimum Gasteiger partial charge on any atom is -0.371 e. The van der Waals surface area contributed by atoms with Gasteiger partial charge in [-0.15, -0.1) is 11.3 Å². The topological polar surface area (TPSA) is 34.1 Å². The van der Waals surface area contributed by atoms with E-state index in [1.54, 1.807) is 0 Å². The average Bonchev–Trinajstić information content (AvgIpc) is 3.06. The van der Waals surface area contributed by atoms with Gasteiger partial charge in [0.15, 0.2) is 0 Å². The minimum absolute atomic E-state index is 0.0634. The number of nitrogens with one attached hydrogen (secondary N) is 1. The molecule has 2 aliphatic rings. The van der Waals surface area contributed by atoms with Gasteiger partial charge in [-0.3, -0.25) is 0 Å². The van der Waals surface area contributed by atoms with E-state index in [1.165, 1.54) is 34.8 Å². The van der Waals surface area contributed by atoms with Crippen LogP contribution < -0.4 is 5.32 Å². The number of thiazole rings is 1. The first-order valence-corrected chi connectivity index (χ1v) is 8.25. The molecule has 106 valence electrons. The summed E-state index contributed by atoms with van der Waals surface area (Å²) in [6, 6.07) is 0.755. The van der Waals surface area contributed by atoms with Gasteiger partial charge in [-0.1, -0.05) is 13.8 Å². The molecule has 0 spiro atoms. The van der Waals surface area contributed by atoms with Crippen molar-refractivity contribution in [3.05, 3.63) is 15.6 Å². The molecule has 1 aromatic heterocycles. The summed E-state index contributed by atoms with van der Waals surface area (Å²) in [5, 5.41) is 4.82. The Hall–Kier alpha value is -0.450. The Morgan fingerprint density at radius 1 is 1.42 bits per heavy atom. The fourth-order valence-corrected chi connectivity index (χ4v) is 4.06. The molecule has 2 saturated carbocycles. The van der Waals surface area contributed by atoms with Crippen molar-refractivity contribution in [3.8, 4) is 0 Å². The summed E-state index contributed by atoms with van der Waals surface area (Å²) in [5.74, 6) is 0.495. The second-order valence-corrected chi connectivity index (χ2v) is 7.27. The number of hydrogen-bond donors (Lipinski definition) is 1. The van der Waals surface area contributed by atoms with Gasteiger partial charge in [0.05, 0.1) is 5.69 Å². The second-order valence-electron chi connectivity index (χ2n) is 6.19. The molecule has 1 heterocycles. The zero-order chi connectivity index (χ0) is 13.5. The molecule has 0 aliphatic heterocycles. The zero-order valence-corrected chi connectivity index (χ0v) is 13.0. The van der Waals surface area contributed by atoms with Crippen LogP contribution in [0.25, 0.3) is 0 Å². The Kier molecular flexibility index (Phi) is 3.67. The monoisotopic (exact) mass is 280 g/mol. The van der Waals surface area contributed by atoms with Gasteiger partial charge in [0.1, 0.15) is 10.6 Å². The molecule has 0 saturated heterocycles. The molecule has 0 amide bonds. The van der Waals surface area contributed by atoms with Gasteiger partial charge < -0.3 is 10.1 Å². The van der Waals surface area contributed by atoms with Crippen molar-refractivity contribution in [2.24, 2.45) is 0 Å². The highest BCUT2D eigenvalue weighted by molar-refractivity contribution is 7.11. The smallest absolute Gasteiger partial charge is 0.125 e. The molecule has 0 aromatic carbocycles. The number of methoxy groups -OCH3 is 1. The molecule has 19 heavy (non-hydrogen) atoms. The van der Waals surface area contributed by atoms with Gasteiger partial charge in [0.2, 0.25) is 0 Å². The van der Waals surface area contributed by atoms with Crippen molar-refractivity contribution < 1.29 is 4.74 Å².